The van der Waals surface area contributed by atoms with Gasteiger partial charge >= 0.3 is 12.7 Å². The Hall–Kier alpha value is -3.11. The maximum absolute atomic E-state index is 12.7. The first kappa shape index (κ1) is 25.0. The van der Waals surface area contributed by atoms with Gasteiger partial charge in [-0.25, -0.2) is 4.98 Å². The molecule has 0 amide bonds. The normalized spacial score (nSPS) is 20.6. The van der Waals surface area contributed by atoms with Gasteiger partial charge in [0.2, 0.25) is 5.95 Å². The molecule has 0 unspecified atom stereocenters. The average molecular weight is 501 g/mol. The molecule has 1 aliphatic carbocycles. The van der Waals surface area contributed by atoms with Crippen LogP contribution in [-0.4, -0.2) is 22.3 Å². The molecule has 1 saturated carbocycles. The van der Waals surface area contributed by atoms with Gasteiger partial charge in [-0.1, -0.05) is 20.8 Å². The summed E-state index contributed by atoms with van der Waals surface area (Å²) in [6.07, 6.45) is -6.91. The van der Waals surface area contributed by atoms with Crippen LogP contribution in [0.5, 0.6) is 11.5 Å². The van der Waals surface area contributed by atoms with E-state index in [1.165, 1.54) is 36.4 Å². The van der Waals surface area contributed by atoms with Gasteiger partial charge in [-0.05, 0) is 67.0 Å². The maximum atomic E-state index is 12.7. The number of hydrogen-bond acceptors (Lipinski definition) is 4. The van der Waals surface area contributed by atoms with E-state index >= 15 is 0 Å². The number of rotatable bonds is 5. The van der Waals surface area contributed by atoms with E-state index in [4.69, 9.17) is 0 Å². The lowest BCUT2D eigenvalue weighted by molar-refractivity contribution is -0.275. The van der Waals surface area contributed by atoms with Crippen LogP contribution in [0, 0.1) is 11.3 Å². The topological polar surface area (TPSA) is 48.3 Å². The summed E-state index contributed by atoms with van der Waals surface area (Å²) in [4.78, 5) is 4.52. The Morgan fingerprint density at radius 2 is 1.51 bits per heavy atom. The van der Waals surface area contributed by atoms with Gasteiger partial charge in [-0.3, -0.25) is 0 Å². The molecule has 1 fully saturated rings. The van der Waals surface area contributed by atoms with Gasteiger partial charge in [0.25, 0.3) is 0 Å². The van der Waals surface area contributed by atoms with Crippen molar-refractivity contribution in [3.05, 3.63) is 42.5 Å². The maximum Gasteiger partial charge on any atom is 0.573 e. The summed E-state index contributed by atoms with van der Waals surface area (Å²) in [7, 11) is 0. The SMILES string of the molecule is C[C@H]1C[C@@H](n2c(Nc3ccc(OC(F)(F)F)cc3)nc3cc(OC(F)(F)F)ccc32)CC(C)(C)C1. The number of nitrogens with one attached hydrogen (secondary N) is 1. The molecule has 35 heavy (non-hydrogen) atoms. The standard InChI is InChI=1S/C24H25F6N3O2/c1-14-10-16(13-22(2,3)12-14)33-20-9-8-18(35-24(28,29)30)11-19(20)32-21(33)31-15-4-6-17(7-5-15)34-23(25,26)27/h4-9,11,14,16H,10,12-13H2,1-3H3,(H,31,32)/t14-,16+/m0/s1. The minimum Gasteiger partial charge on any atom is -0.406 e. The minimum absolute atomic E-state index is 0.0171. The molecule has 0 saturated heterocycles. The van der Waals surface area contributed by atoms with Crippen molar-refractivity contribution in [2.75, 3.05) is 5.32 Å². The van der Waals surface area contributed by atoms with Crippen LogP contribution in [0.2, 0.25) is 0 Å². The minimum atomic E-state index is -4.83. The molecule has 3 aromatic rings. The number of benzene rings is 2. The fraction of sp³-hybridized carbons (Fsp3) is 0.458. The Morgan fingerprint density at radius 3 is 2.11 bits per heavy atom. The number of ether oxygens (including phenoxy) is 2. The number of fused-ring (bicyclic) bond motifs is 1. The Labute approximate surface area is 198 Å². The van der Waals surface area contributed by atoms with Crippen LogP contribution in [0.25, 0.3) is 11.0 Å². The zero-order valence-electron chi connectivity index (χ0n) is 19.3. The van der Waals surface area contributed by atoms with Crippen LogP contribution in [0.4, 0.5) is 38.0 Å². The predicted octanol–water partition coefficient (Wildman–Crippen LogP) is 7.96. The summed E-state index contributed by atoms with van der Waals surface area (Å²) >= 11 is 0. The summed E-state index contributed by atoms with van der Waals surface area (Å²) in [5.41, 5.74) is 1.44. The second-order valence-electron chi connectivity index (χ2n) is 9.77. The van der Waals surface area contributed by atoms with Crippen molar-refractivity contribution in [1.82, 2.24) is 9.55 Å². The second-order valence-corrected chi connectivity index (χ2v) is 9.77. The molecule has 0 aliphatic heterocycles. The molecule has 0 radical (unpaired) electrons. The lowest BCUT2D eigenvalue weighted by Gasteiger charge is -2.40. The quantitative estimate of drug-likeness (QED) is 0.360. The van der Waals surface area contributed by atoms with Gasteiger partial charge in [0.15, 0.2) is 0 Å². The van der Waals surface area contributed by atoms with Gasteiger partial charge in [0.05, 0.1) is 11.0 Å². The summed E-state index contributed by atoms with van der Waals surface area (Å²) < 4.78 is 85.5. The highest BCUT2D eigenvalue weighted by Crippen LogP contribution is 2.46. The number of alkyl halides is 6. The van der Waals surface area contributed by atoms with Crippen LogP contribution in [0.1, 0.15) is 46.1 Å². The fourth-order valence-corrected chi connectivity index (χ4v) is 5.09. The summed E-state index contributed by atoms with van der Waals surface area (Å²) in [5.74, 6) is 0.0461. The highest BCUT2D eigenvalue weighted by molar-refractivity contribution is 5.81. The zero-order valence-corrected chi connectivity index (χ0v) is 19.3. The Bertz CT molecular complexity index is 1180. The summed E-state index contributed by atoms with van der Waals surface area (Å²) in [6.45, 7) is 6.52. The van der Waals surface area contributed by atoms with Crippen molar-refractivity contribution in [2.45, 2.75) is 58.8 Å². The first-order valence-corrected chi connectivity index (χ1v) is 11.1. The first-order chi connectivity index (χ1) is 16.2. The van der Waals surface area contributed by atoms with Crippen molar-refractivity contribution in [3.63, 3.8) is 0 Å². The van der Waals surface area contributed by atoms with Crippen LogP contribution >= 0.6 is 0 Å². The van der Waals surface area contributed by atoms with E-state index in [0.29, 0.717) is 28.6 Å². The molecule has 0 spiro atoms. The van der Waals surface area contributed by atoms with Gasteiger partial charge in [0, 0.05) is 17.8 Å². The highest BCUT2D eigenvalue weighted by Gasteiger charge is 2.35. The van der Waals surface area contributed by atoms with Crippen molar-refractivity contribution in [2.24, 2.45) is 11.3 Å². The molecular formula is C24H25F6N3O2. The zero-order chi connectivity index (χ0) is 25.6. The highest BCUT2D eigenvalue weighted by atomic mass is 19.4. The number of imidazole rings is 1. The van der Waals surface area contributed by atoms with E-state index in [0.717, 1.165) is 19.3 Å². The van der Waals surface area contributed by atoms with Crippen molar-refractivity contribution < 1.29 is 35.8 Å². The van der Waals surface area contributed by atoms with E-state index in [2.05, 4.69) is 40.5 Å². The monoisotopic (exact) mass is 501 g/mol. The molecule has 2 aromatic carbocycles. The number of aromatic nitrogens is 2. The number of halogens is 6. The van der Waals surface area contributed by atoms with Crippen molar-refractivity contribution in [3.8, 4) is 11.5 Å². The first-order valence-electron chi connectivity index (χ1n) is 11.1. The van der Waals surface area contributed by atoms with Crippen molar-refractivity contribution >= 4 is 22.7 Å². The van der Waals surface area contributed by atoms with E-state index in [-0.39, 0.29) is 23.0 Å². The van der Waals surface area contributed by atoms with Gasteiger partial charge < -0.3 is 19.4 Å². The molecule has 11 heteroatoms. The van der Waals surface area contributed by atoms with E-state index < -0.39 is 12.7 Å². The molecule has 1 aliphatic rings. The van der Waals surface area contributed by atoms with Gasteiger partial charge in [-0.15, -0.1) is 26.3 Å². The lowest BCUT2D eigenvalue weighted by Crippen LogP contribution is -2.29. The van der Waals surface area contributed by atoms with Crippen LogP contribution in [0.3, 0.4) is 0 Å². The largest absolute Gasteiger partial charge is 0.573 e. The van der Waals surface area contributed by atoms with E-state index in [1.54, 1.807) is 6.07 Å². The van der Waals surface area contributed by atoms with Crippen molar-refractivity contribution in [1.29, 1.82) is 0 Å². The molecule has 4 rings (SSSR count). The van der Waals surface area contributed by atoms with E-state index in [1.807, 2.05) is 4.57 Å². The molecule has 1 aromatic heterocycles. The number of anilines is 2. The molecule has 1 heterocycles. The average Bonchev–Trinajstić information content (AvgIpc) is 3.02. The van der Waals surface area contributed by atoms with Crippen LogP contribution in [-0.2, 0) is 0 Å². The Balaban J connectivity index is 1.72. The molecule has 5 nitrogen and oxygen atoms in total. The third-order valence-corrected chi connectivity index (χ3v) is 5.97. The van der Waals surface area contributed by atoms with Gasteiger partial charge in [-0.2, -0.15) is 0 Å². The van der Waals surface area contributed by atoms with Gasteiger partial charge in [0.1, 0.15) is 11.5 Å². The third-order valence-electron chi connectivity index (χ3n) is 5.97. The molecule has 0 bridgehead atoms. The predicted molar refractivity (Wildman–Crippen MR) is 119 cm³/mol. The number of hydrogen-bond donors (Lipinski definition) is 1. The molecular weight excluding hydrogens is 476 g/mol. The Morgan fingerprint density at radius 1 is 0.914 bits per heavy atom. The Kier molecular flexibility index (Phi) is 6.31. The fourth-order valence-electron chi connectivity index (χ4n) is 5.09. The van der Waals surface area contributed by atoms with E-state index in [9.17, 15) is 26.3 Å². The summed E-state index contributed by atoms with van der Waals surface area (Å²) in [6, 6.07) is 9.20. The summed E-state index contributed by atoms with van der Waals surface area (Å²) in [5, 5.41) is 3.11. The van der Waals surface area contributed by atoms with Crippen LogP contribution < -0.4 is 14.8 Å². The smallest absolute Gasteiger partial charge is 0.406 e. The van der Waals surface area contributed by atoms with Crippen LogP contribution in [0.15, 0.2) is 42.5 Å². The molecule has 2 atom stereocenters. The second kappa shape index (κ2) is 8.83. The molecule has 190 valence electrons. The molecule has 1 N–H and O–H groups in total. The lowest BCUT2D eigenvalue weighted by atomic mass is 9.70. The third kappa shape index (κ3) is 6.32. The number of nitrogens with zero attached hydrogens (tertiary/aromatic N) is 2.